The zero-order valence-corrected chi connectivity index (χ0v) is 10.3. The summed E-state index contributed by atoms with van der Waals surface area (Å²) in [4.78, 5) is 6.49. The summed E-state index contributed by atoms with van der Waals surface area (Å²) in [7, 11) is 0. The summed E-state index contributed by atoms with van der Waals surface area (Å²) in [6.07, 6.45) is 6.07. The van der Waals surface area contributed by atoms with Gasteiger partial charge in [-0.2, -0.15) is 0 Å². The van der Waals surface area contributed by atoms with Gasteiger partial charge in [-0.1, -0.05) is 6.07 Å². The van der Waals surface area contributed by atoms with Gasteiger partial charge in [-0.25, -0.2) is 0 Å². The summed E-state index contributed by atoms with van der Waals surface area (Å²) in [5.74, 6) is 0. The third-order valence-electron chi connectivity index (χ3n) is 3.26. The van der Waals surface area contributed by atoms with E-state index in [0.717, 1.165) is 5.56 Å². The van der Waals surface area contributed by atoms with Crippen molar-refractivity contribution in [3.63, 3.8) is 0 Å². The Balaban J connectivity index is 2.20. The molecule has 0 bridgehead atoms. The van der Waals surface area contributed by atoms with Crippen LogP contribution in [0.25, 0.3) is 0 Å². The molecule has 3 N–H and O–H groups in total. The van der Waals surface area contributed by atoms with Crippen LogP contribution in [0.2, 0.25) is 0 Å². The number of nitrogens with two attached hydrogens (primary N) is 1. The molecule has 94 valence electrons. The van der Waals surface area contributed by atoms with E-state index in [1.54, 1.807) is 6.20 Å². The van der Waals surface area contributed by atoms with E-state index < -0.39 is 0 Å². The molecule has 0 radical (unpaired) electrons. The lowest BCUT2D eigenvalue weighted by Crippen LogP contribution is -2.42. The minimum atomic E-state index is 0.0337. The van der Waals surface area contributed by atoms with Crippen molar-refractivity contribution in [2.45, 2.75) is 37.9 Å². The van der Waals surface area contributed by atoms with Crippen molar-refractivity contribution in [1.29, 1.82) is 0 Å². The van der Waals surface area contributed by atoms with Crippen molar-refractivity contribution < 1.29 is 5.11 Å². The Morgan fingerprint density at radius 2 is 2.35 bits per heavy atom. The van der Waals surface area contributed by atoms with Crippen LogP contribution in [0.4, 0.5) is 0 Å². The Morgan fingerprint density at radius 1 is 1.59 bits per heavy atom. The van der Waals surface area contributed by atoms with Crippen molar-refractivity contribution in [3.8, 4) is 0 Å². The zero-order chi connectivity index (χ0) is 12.3. The monoisotopic (exact) mass is 235 g/mol. The molecule has 0 aromatic carbocycles. The molecule has 1 aromatic rings. The zero-order valence-electron chi connectivity index (χ0n) is 10.3. The number of aromatic nitrogens is 1. The van der Waals surface area contributed by atoms with Gasteiger partial charge < -0.3 is 10.8 Å². The molecule has 4 heteroatoms. The maximum absolute atomic E-state index is 9.19. The fourth-order valence-electron chi connectivity index (χ4n) is 2.42. The molecule has 0 spiro atoms. The van der Waals surface area contributed by atoms with Crippen LogP contribution in [-0.4, -0.2) is 40.2 Å². The van der Waals surface area contributed by atoms with E-state index in [0.29, 0.717) is 12.6 Å². The summed E-state index contributed by atoms with van der Waals surface area (Å²) in [6, 6.07) is 4.77. The molecule has 1 aromatic heterocycles. The Kier molecular flexibility index (Phi) is 4.10. The number of hydrogen-bond donors (Lipinski definition) is 2. The van der Waals surface area contributed by atoms with Crippen LogP contribution in [0.1, 0.15) is 31.4 Å². The molecule has 1 fully saturated rings. The van der Waals surface area contributed by atoms with E-state index in [1.807, 2.05) is 19.2 Å². The highest BCUT2D eigenvalue weighted by Gasteiger charge is 2.35. The van der Waals surface area contributed by atoms with Gasteiger partial charge in [-0.15, -0.1) is 0 Å². The molecule has 2 atom stereocenters. The van der Waals surface area contributed by atoms with Crippen molar-refractivity contribution in [3.05, 3.63) is 30.1 Å². The molecule has 0 amide bonds. The van der Waals surface area contributed by atoms with Gasteiger partial charge in [-0.05, 0) is 31.4 Å². The molecule has 1 heterocycles. The van der Waals surface area contributed by atoms with Gasteiger partial charge in [0.15, 0.2) is 0 Å². The predicted octanol–water partition coefficient (Wildman–Crippen LogP) is 0.927. The van der Waals surface area contributed by atoms with Crippen LogP contribution in [0.5, 0.6) is 0 Å². The molecule has 1 saturated carbocycles. The van der Waals surface area contributed by atoms with Gasteiger partial charge in [0, 0.05) is 31.0 Å². The van der Waals surface area contributed by atoms with Crippen LogP contribution >= 0.6 is 0 Å². The molecule has 0 saturated heterocycles. The average Bonchev–Trinajstić information content (AvgIpc) is 3.13. The largest absolute Gasteiger partial charge is 0.395 e. The van der Waals surface area contributed by atoms with Crippen molar-refractivity contribution in [1.82, 2.24) is 9.88 Å². The number of pyridine rings is 1. The van der Waals surface area contributed by atoms with Gasteiger partial charge in [0.05, 0.1) is 12.6 Å². The number of hydrogen-bond acceptors (Lipinski definition) is 4. The smallest absolute Gasteiger partial charge is 0.0558 e. The third kappa shape index (κ3) is 3.03. The van der Waals surface area contributed by atoms with Crippen LogP contribution in [0.3, 0.4) is 0 Å². The van der Waals surface area contributed by atoms with Crippen LogP contribution < -0.4 is 5.73 Å². The lowest BCUT2D eigenvalue weighted by molar-refractivity contribution is 0.129. The molecule has 1 aliphatic rings. The van der Waals surface area contributed by atoms with E-state index in [1.165, 1.54) is 12.8 Å². The number of aliphatic hydroxyl groups is 1. The average molecular weight is 235 g/mol. The number of aliphatic hydroxyl groups excluding tert-OH is 1. The highest BCUT2D eigenvalue weighted by Crippen LogP contribution is 2.35. The molecular weight excluding hydrogens is 214 g/mol. The Bertz CT molecular complexity index is 338. The summed E-state index contributed by atoms with van der Waals surface area (Å²) in [6.45, 7) is 2.89. The molecular formula is C13H21N3O. The Labute approximate surface area is 102 Å². The summed E-state index contributed by atoms with van der Waals surface area (Å²) in [5, 5.41) is 9.19. The normalized spacial score (nSPS) is 19.3. The molecule has 2 unspecified atom stereocenters. The van der Waals surface area contributed by atoms with E-state index in [-0.39, 0.29) is 18.7 Å². The first-order valence-corrected chi connectivity index (χ1v) is 6.26. The van der Waals surface area contributed by atoms with Crippen molar-refractivity contribution in [2.24, 2.45) is 5.73 Å². The standard InChI is InChI=1S/C13H21N3O/c1-10(14)13(11-3-2-6-15-9-11)16(7-8-17)12-4-5-12/h2-3,6,9-10,12-13,17H,4-5,7-8,14H2,1H3. The maximum atomic E-state index is 9.19. The molecule has 2 rings (SSSR count). The fraction of sp³-hybridized carbons (Fsp3) is 0.615. The first-order valence-electron chi connectivity index (χ1n) is 6.26. The second-order valence-corrected chi connectivity index (χ2v) is 4.78. The van der Waals surface area contributed by atoms with Gasteiger partial charge >= 0.3 is 0 Å². The SMILES string of the molecule is CC(N)C(c1cccnc1)N(CCO)C1CC1. The van der Waals surface area contributed by atoms with E-state index >= 15 is 0 Å². The lowest BCUT2D eigenvalue weighted by Gasteiger charge is -2.34. The first kappa shape index (κ1) is 12.5. The third-order valence-corrected chi connectivity index (χ3v) is 3.26. The Hall–Kier alpha value is -0.970. The maximum Gasteiger partial charge on any atom is 0.0558 e. The van der Waals surface area contributed by atoms with Gasteiger partial charge in [0.2, 0.25) is 0 Å². The van der Waals surface area contributed by atoms with Gasteiger partial charge in [0.1, 0.15) is 0 Å². The fourth-order valence-corrected chi connectivity index (χ4v) is 2.42. The number of rotatable bonds is 6. The van der Waals surface area contributed by atoms with Gasteiger partial charge in [-0.3, -0.25) is 9.88 Å². The van der Waals surface area contributed by atoms with Crippen molar-refractivity contribution in [2.75, 3.05) is 13.2 Å². The molecule has 17 heavy (non-hydrogen) atoms. The lowest BCUT2D eigenvalue weighted by atomic mass is 10.0. The van der Waals surface area contributed by atoms with Gasteiger partial charge in [0.25, 0.3) is 0 Å². The second-order valence-electron chi connectivity index (χ2n) is 4.78. The predicted molar refractivity (Wildman–Crippen MR) is 67.4 cm³/mol. The summed E-state index contributed by atoms with van der Waals surface area (Å²) < 4.78 is 0. The molecule has 0 aliphatic heterocycles. The van der Waals surface area contributed by atoms with E-state index in [2.05, 4.69) is 16.0 Å². The first-order chi connectivity index (χ1) is 8.24. The van der Waals surface area contributed by atoms with Crippen molar-refractivity contribution >= 4 is 0 Å². The van der Waals surface area contributed by atoms with E-state index in [4.69, 9.17) is 5.73 Å². The van der Waals surface area contributed by atoms with E-state index in [9.17, 15) is 5.11 Å². The van der Waals surface area contributed by atoms with Crippen LogP contribution in [0.15, 0.2) is 24.5 Å². The summed E-state index contributed by atoms with van der Waals surface area (Å²) >= 11 is 0. The van der Waals surface area contributed by atoms with Crippen LogP contribution in [-0.2, 0) is 0 Å². The summed E-state index contributed by atoms with van der Waals surface area (Å²) in [5.41, 5.74) is 7.26. The quantitative estimate of drug-likeness (QED) is 0.770. The second kappa shape index (κ2) is 5.58. The topological polar surface area (TPSA) is 62.4 Å². The minimum Gasteiger partial charge on any atom is -0.395 e. The highest BCUT2D eigenvalue weighted by atomic mass is 16.3. The molecule has 4 nitrogen and oxygen atoms in total. The molecule has 1 aliphatic carbocycles. The van der Waals surface area contributed by atoms with Crippen LogP contribution in [0, 0.1) is 0 Å². The number of nitrogens with zero attached hydrogens (tertiary/aromatic N) is 2. The minimum absolute atomic E-state index is 0.0337. The Morgan fingerprint density at radius 3 is 2.82 bits per heavy atom. The highest BCUT2D eigenvalue weighted by molar-refractivity contribution is 5.17.